The topological polar surface area (TPSA) is 99.5 Å². The first-order chi connectivity index (χ1) is 10.6. The normalized spacial score (nSPS) is 14.0. The Bertz CT molecular complexity index is 767. The molecule has 1 aliphatic rings. The Morgan fingerprint density at radius 2 is 2.41 bits per heavy atom. The third-order valence-electron chi connectivity index (χ3n) is 2.92. The van der Waals surface area contributed by atoms with Crippen LogP contribution in [0.3, 0.4) is 0 Å². The van der Waals surface area contributed by atoms with Crippen molar-refractivity contribution in [3.8, 4) is 11.6 Å². The summed E-state index contributed by atoms with van der Waals surface area (Å²) < 4.78 is 38.3. The molecule has 3 rings (SSSR count). The summed E-state index contributed by atoms with van der Waals surface area (Å²) in [7, 11) is -4.03. The number of hydrogen-bond donors (Lipinski definition) is 1. The maximum atomic E-state index is 12.2. The number of carbonyl (C=O) groups is 1. The van der Waals surface area contributed by atoms with Crippen molar-refractivity contribution in [1.29, 1.82) is 0 Å². The molecule has 0 spiro atoms. The second-order valence-electron chi connectivity index (χ2n) is 4.52. The summed E-state index contributed by atoms with van der Waals surface area (Å²) in [6.45, 7) is 0.615. The largest absolute Gasteiger partial charge is 0.483 e. The highest BCUT2D eigenvalue weighted by Gasteiger charge is 2.28. The molecule has 0 radical (unpaired) electrons. The van der Waals surface area contributed by atoms with Crippen LogP contribution in [-0.2, 0) is 21.4 Å². The summed E-state index contributed by atoms with van der Waals surface area (Å²) >= 11 is 1.42. The molecular weight excluding hydrogens is 330 g/mol. The van der Waals surface area contributed by atoms with Gasteiger partial charge in [0.2, 0.25) is 5.88 Å². The standard InChI is InChI=1S/C12H13N3O5S2/c16-11(7-20-9-2-5-21-8-9)14-22(17,18)10-6-13-15-3-1-4-19-12(10)15/h2,5-6,8H,1,3-4,7H2,(H,14,16). The molecule has 0 aliphatic carbocycles. The number of ether oxygens (including phenoxy) is 2. The summed E-state index contributed by atoms with van der Waals surface area (Å²) in [4.78, 5) is 11.6. The third kappa shape index (κ3) is 3.07. The summed E-state index contributed by atoms with van der Waals surface area (Å²) in [5.74, 6) is -0.0870. The van der Waals surface area contributed by atoms with Crippen LogP contribution in [-0.4, -0.2) is 37.3 Å². The zero-order valence-electron chi connectivity index (χ0n) is 11.4. The lowest BCUT2D eigenvalue weighted by atomic mass is 10.4. The van der Waals surface area contributed by atoms with E-state index >= 15 is 0 Å². The number of hydrogen-bond acceptors (Lipinski definition) is 7. The molecule has 10 heteroatoms. The van der Waals surface area contributed by atoms with Crippen molar-refractivity contribution in [1.82, 2.24) is 14.5 Å². The van der Waals surface area contributed by atoms with Gasteiger partial charge in [-0.15, -0.1) is 11.3 Å². The summed E-state index contributed by atoms with van der Waals surface area (Å²) in [6, 6.07) is 1.69. The van der Waals surface area contributed by atoms with Gasteiger partial charge in [-0.2, -0.15) is 5.10 Å². The molecule has 0 bridgehead atoms. The van der Waals surface area contributed by atoms with Gasteiger partial charge in [0.15, 0.2) is 11.5 Å². The number of fused-ring (bicyclic) bond motifs is 1. The van der Waals surface area contributed by atoms with Crippen LogP contribution in [0.4, 0.5) is 0 Å². The van der Waals surface area contributed by atoms with E-state index in [1.54, 1.807) is 16.8 Å². The zero-order valence-corrected chi connectivity index (χ0v) is 13.0. The third-order valence-corrected chi connectivity index (χ3v) is 4.93. The van der Waals surface area contributed by atoms with Crippen LogP contribution >= 0.6 is 11.3 Å². The van der Waals surface area contributed by atoms with Crippen LogP contribution in [0.5, 0.6) is 11.6 Å². The molecule has 2 aromatic heterocycles. The van der Waals surface area contributed by atoms with Gasteiger partial charge in [0, 0.05) is 18.3 Å². The Kier molecular flexibility index (Phi) is 4.03. The van der Waals surface area contributed by atoms with Gasteiger partial charge in [0.25, 0.3) is 15.9 Å². The molecule has 118 valence electrons. The van der Waals surface area contributed by atoms with Gasteiger partial charge in [-0.3, -0.25) is 4.79 Å². The minimum absolute atomic E-state index is 0.143. The van der Waals surface area contributed by atoms with Crippen LogP contribution in [0.2, 0.25) is 0 Å². The monoisotopic (exact) mass is 343 g/mol. The van der Waals surface area contributed by atoms with E-state index in [4.69, 9.17) is 9.47 Å². The van der Waals surface area contributed by atoms with Gasteiger partial charge in [0.1, 0.15) is 5.75 Å². The van der Waals surface area contributed by atoms with Crippen molar-refractivity contribution in [2.75, 3.05) is 13.2 Å². The number of nitrogens with zero attached hydrogens (tertiary/aromatic N) is 2. The highest BCUT2D eigenvalue weighted by molar-refractivity contribution is 7.90. The number of nitrogens with one attached hydrogen (secondary N) is 1. The quantitative estimate of drug-likeness (QED) is 0.854. The fourth-order valence-electron chi connectivity index (χ4n) is 1.95. The first kappa shape index (κ1) is 14.9. The number of carbonyl (C=O) groups excluding carboxylic acids is 1. The first-order valence-corrected chi connectivity index (χ1v) is 8.88. The minimum Gasteiger partial charge on any atom is -0.483 e. The number of rotatable bonds is 5. The fraction of sp³-hybridized carbons (Fsp3) is 0.333. The van der Waals surface area contributed by atoms with Crippen molar-refractivity contribution in [2.24, 2.45) is 0 Å². The molecule has 1 amide bonds. The van der Waals surface area contributed by atoms with E-state index in [0.29, 0.717) is 18.9 Å². The minimum atomic E-state index is -4.03. The fourth-order valence-corrected chi connectivity index (χ4v) is 3.57. The van der Waals surface area contributed by atoms with Gasteiger partial charge < -0.3 is 9.47 Å². The molecule has 0 unspecified atom stereocenters. The Labute approximate surface area is 130 Å². The molecule has 0 atom stereocenters. The maximum absolute atomic E-state index is 12.2. The van der Waals surface area contributed by atoms with Crippen LogP contribution in [0.25, 0.3) is 0 Å². The second kappa shape index (κ2) is 5.97. The van der Waals surface area contributed by atoms with Crippen molar-refractivity contribution < 1.29 is 22.7 Å². The Hall–Kier alpha value is -2.07. The van der Waals surface area contributed by atoms with Crippen molar-refractivity contribution >= 4 is 27.3 Å². The molecular formula is C12H13N3O5S2. The lowest BCUT2D eigenvalue weighted by Gasteiger charge is -2.16. The number of aromatic nitrogens is 2. The molecule has 0 fully saturated rings. The van der Waals surface area contributed by atoms with Gasteiger partial charge in [-0.1, -0.05) is 0 Å². The zero-order chi connectivity index (χ0) is 15.6. The molecule has 0 saturated carbocycles. The molecule has 22 heavy (non-hydrogen) atoms. The average molecular weight is 343 g/mol. The van der Waals surface area contributed by atoms with E-state index in [1.165, 1.54) is 22.2 Å². The Balaban J connectivity index is 1.68. The van der Waals surface area contributed by atoms with Crippen molar-refractivity contribution in [3.05, 3.63) is 23.0 Å². The van der Waals surface area contributed by atoms with Crippen LogP contribution in [0.1, 0.15) is 6.42 Å². The molecule has 0 saturated heterocycles. The smallest absolute Gasteiger partial charge is 0.271 e. The van der Waals surface area contributed by atoms with Gasteiger partial charge >= 0.3 is 0 Å². The molecule has 3 heterocycles. The number of aryl methyl sites for hydroxylation is 1. The lowest BCUT2D eigenvalue weighted by Crippen LogP contribution is -2.34. The Morgan fingerprint density at radius 1 is 1.55 bits per heavy atom. The van der Waals surface area contributed by atoms with E-state index in [2.05, 4.69) is 5.10 Å². The average Bonchev–Trinajstić information content (AvgIpc) is 3.14. The van der Waals surface area contributed by atoms with E-state index in [9.17, 15) is 13.2 Å². The van der Waals surface area contributed by atoms with E-state index < -0.39 is 15.9 Å². The lowest BCUT2D eigenvalue weighted by molar-refractivity contribution is -0.121. The van der Waals surface area contributed by atoms with E-state index in [1.807, 2.05) is 4.72 Å². The molecule has 1 aliphatic heterocycles. The summed E-state index contributed by atoms with van der Waals surface area (Å²) in [5, 5.41) is 7.45. The second-order valence-corrected chi connectivity index (χ2v) is 6.95. The van der Waals surface area contributed by atoms with Crippen LogP contribution in [0.15, 0.2) is 27.9 Å². The highest BCUT2D eigenvalue weighted by Crippen LogP contribution is 2.26. The Morgan fingerprint density at radius 3 is 3.18 bits per heavy atom. The molecule has 8 nitrogen and oxygen atoms in total. The van der Waals surface area contributed by atoms with E-state index in [-0.39, 0.29) is 17.4 Å². The van der Waals surface area contributed by atoms with Gasteiger partial charge in [0.05, 0.1) is 12.8 Å². The number of sulfonamides is 1. The molecule has 0 aromatic carbocycles. The van der Waals surface area contributed by atoms with Crippen molar-refractivity contribution in [2.45, 2.75) is 17.9 Å². The SMILES string of the molecule is O=C(COc1ccsc1)NS(=O)(=O)c1cnn2c1OCCC2. The predicted molar refractivity (Wildman–Crippen MR) is 77.5 cm³/mol. The molecule has 2 aromatic rings. The number of amides is 1. The van der Waals surface area contributed by atoms with Crippen molar-refractivity contribution in [3.63, 3.8) is 0 Å². The summed E-state index contributed by atoms with van der Waals surface area (Å²) in [5.41, 5.74) is 0. The maximum Gasteiger partial charge on any atom is 0.271 e. The number of thiophene rings is 1. The highest BCUT2D eigenvalue weighted by atomic mass is 32.2. The predicted octanol–water partition coefficient (Wildman–Crippen LogP) is 0.611. The van der Waals surface area contributed by atoms with Gasteiger partial charge in [-0.05, 0) is 11.4 Å². The van der Waals surface area contributed by atoms with E-state index in [0.717, 1.165) is 6.42 Å². The van der Waals surface area contributed by atoms with Crippen LogP contribution < -0.4 is 14.2 Å². The van der Waals surface area contributed by atoms with Gasteiger partial charge in [-0.25, -0.2) is 17.8 Å². The summed E-state index contributed by atoms with van der Waals surface area (Å²) in [6.07, 6.45) is 1.94. The molecule has 1 N–H and O–H groups in total. The van der Waals surface area contributed by atoms with Crippen LogP contribution in [0, 0.1) is 0 Å². The first-order valence-electron chi connectivity index (χ1n) is 6.45.